The van der Waals surface area contributed by atoms with Crippen LogP contribution in [-0.4, -0.2) is 17.6 Å². The van der Waals surface area contributed by atoms with Crippen molar-refractivity contribution in [2.45, 2.75) is 51.6 Å². The van der Waals surface area contributed by atoms with E-state index in [0.717, 1.165) is 19.3 Å². The third-order valence-electron chi connectivity index (χ3n) is 2.09. The third kappa shape index (κ3) is 4.30. The van der Waals surface area contributed by atoms with E-state index in [-0.39, 0.29) is 11.6 Å². The Hall–Kier alpha value is -0.990. The lowest BCUT2D eigenvalue weighted by atomic mass is 10.0. The molecule has 0 radical (unpaired) electrons. The monoisotopic (exact) mass is 196 g/mol. The molecule has 2 N–H and O–H groups in total. The third-order valence-corrected chi connectivity index (χ3v) is 2.09. The maximum Gasteiger partial charge on any atom is 0.315 e. The molecule has 0 saturated carbocycles. The molecule has 2 amide bonds. The number of amides is 2. The first-order valence-corrected chi connectivity index (χ1v) is 5.21. The lowest BCUT2D eigenvalue weighted by molar-refractivity contribution is 0.227. The number of urea groups is 1. The van der Waals surface area contributed by atoms with Gasteiger partial charge in [-0.1, -0.05) is 12.2 Å². The zero-order valence-corrected chi connectivity index (χ0v) is 9.26. The Labute approximate surface area is 86.0 Å². The number of nitrogens with one attached hydrogen (secondary N) is 2. The van der Waals surface area contributed by atoms with Crippen molar-refractivity contribution in [3.8, 4) is 0 Å². The maximum absolute atomic E-state index is 11.5. The minimum atomic E-state index is -0.158. The average molecular weight is 196 g/mol. The molecule has 0 aromatic rings. The van der Waals surface area contributed by atoms with Crippen LogP contribution in [-0.2, 0) is 0 Å². The molecule has 14 heavy (non-hydrogen) atoms. The van der Waals surface area contributed by atoms with Gasteiger partial charge < -0.3 is 10.6 Å². The van der Waals surface area contributed by atoms with Gasteiger partial charge in [-0.05, 0) is 40.0 Å². The lowest BCUT2D eigenvalue weighted by Crippen LogP contribution is -2.49. The molecule has 0 fully saturated rings. The number of carbonyl (C=O) groups excluding carboxylic acids is 1. The van der Waals surface area contributed by atoms with Crippen LogP contribution in [0, 0.1) is 0 Å². The highest BCUT2D eigenvalue weighted by atomic mass is 16.2. The van der Waals surface area contributed by atoms with E-state index in [9.17, 15) is 4.79 Å². The second-order valence-corrected chi connectivity index (χ2v) is 4.83. The minimum Gasteiger partial charge on any atom is -0.335 e. The number of carbonyl (C=O) groups is 1. The van der Waals surface area contributed by atoms with Gasteiger partial charge in [0.25, 0.3) is 0 Å². The molecule has 0 aromatic heterocycles. The Morgan fingerprint density at radius 3 is 2.57 bits per heavy atom. The Balaban J connectivity index is 2.30. The summed E-state index contributed by atoms with van der Waals surface area (Å²) < 4.78 is 0. The van der Waals surface area contributed by atoms with Crippen molar-refractivity contribution in [2.24, 2.45) is 0 Å². The standard InChI is InChI=1S/C11H20N2O/c1-11(2,3)13-10(14)12-9-7-5-4-6-8-9/h4-5,9H,6-8H2,1-3H3,(H2,12,13,14). The second-order valence-electron chi connectivity index (χ2n) is 4.83. The molecule has 0 spiro atoms. The number of rotatable bonds is 1. The summed E-state index contributed by atoms with van der Waals surface area (Å²) in [5, 5.41) is 5.87. The smallest absolute Gasteiger partial charge is 0.315 e. The van der Waals surface area contributed by atoms with Crippen LogP contribution in [0.15, 0.2) is 12.2 Å². The molecule has 3 nitrogen and oxygen atoms in total. The van der Waals surface area contributed by atoms with Gasteiger partial charge in [0.2, 0.25) is 0 Å². The fraction of sp³-hybridized carbons (Fsp3) is 0.727. The van der Waals surface area contributed by atoms with Gasteiger partial charge in [-0.25, -0.2) is 4.79 Å². The summed E-state index contributed by atoms with van der Waals surface area (Å²) in [6.45, 7) is 5.94. The normalized spacial score (nSPS) is 21.8. The van der Waals surface area contributed by atoms with E-state index in [1.54, 1.807) is 0 Å². The largest absolute Gasteiger partial charge is 0.335 e. The van der Waals surface area contributed by atoms with Crippen LogP contribution in [0.4, 0.5) is 4.79 Å². The van der Waals surface area contributed by atoms with Crippen LogP contribution in [0.3, 0.4) is 0 Å². The summed E-state index contributed by atoms with van der Waals surface area (Å²) in [4.78, 5) is 11.5. The first-order valence-electron chi connectivity index (χ1n) is 5.21. The summed E-state index contributed by atoms with van der Waals surface area (Å²) >= 11 is 0. The molecular formula is C11H20N2O. The van der Waals surface area contributed by atoms with Crippen LogP contribution in [0.1, 0.15) is 40.0 Å². The van der Waals surface area contributed by atoms with E-state index in [2.05, 4.69) is 22.8 Å². The van der Waals surface area contributed by atoms with E-state index in [1.807, 2.05) is 20.8 Å². The van der Waals surface area contributed by atoms with Crippen molar-refractivity contribution in [2.75, 3.05) is 0 Å². The van der Waals surface area contributed by atoms with Crippen LogP contribution >= 0.6 is 0 Å². The first kappa shape index (κ1) is 11.1. The van der Waals surface area contributed by atoms with Crippen molar-refractivity contribution < 1.29 is 4.79 Å². The van der Waals surface area contributed by atoms with E-state index < -0.39 is 0 Å². The van der Waals surface area contributed by atoms with Gasteiger partial charge in [0.05, 0.1) is 0 Å². The number of hydrogen-bond acceptors (Lipinski definition) is 1. The highest BCUT2D eigenvalue weighted by Crippen LogP contribution is 2.10. The summed E-state index contributed by atoms with van der Waals surface area (Å²) in [5.74, 6) is 0. The van der Waals surface area contributed by atoms with Gasteiger partial charge in [-0.3, -0.25) is 0 Å². The van der Waals surface area contributed by atoms with Gasteiger partial charge in [0.15, 0.2) is 0 Å². The fourth-order valence-corrected chi connectivity index (χ4v) is 1.49. The van der Waals surface area contributed by atoms with Gasteiger partial charge in [-0.2, -0.15) is 0 Å². The van der Waals surface area contributed by atoms with Gasteiger partial charge in [0, 0.05) is 11.6 Å². The topological polar surface area (TPSA) is 41.1 Å². The number of hydrogen-bond donors (Lipinski definition) is 2. The summed E-state index contributed by atoms with van der Waals surface area (Å²) in [6, 6.07) is 0.250. The van der Waals surface area contributed by atoms with E-state index in [1.165, 1.54) is 0 Å². The molecule has 1 atom stereocenters. The molecule has 1 aliphatic rings. The Kier molecular flexibility index (Phi) is 3.55. The van der Waals surface area contributed by atoms with Crippen LogP contribution in [0.5, 0.6) is 0 Å². The van der Waals surface area contributed by atoms with E-state index >= 15 is 0 Å². The number of allylic oxidation sites excluding steroid dienone is 1. The first-order chi connectivity index (χ1) is 6.47. The Morgan fingerprint density at radius 1 is 1.36 bits per heavy atom. The van der Waals surface area contributed by atoms with E-state index in [0.29, 0.717) is 6.04 Å². The SMILES string of the molecule is CC(C)(C)NC(=O)NC1CC=CCC1. The zero-order valence-electron chi connectivity index (χ0n) is 9.26. The molecule has 3 heteroatoms. The molecule has 0 saturated heterocycles. The van der Waals surface area contributed by atoms with Gasteiger partial charge in [0.1, 0.15) is 0 Å². The van der Waals surface area contributed by atoms with Crippen molar-refractivity contribution >= 4 is 6.03 Å². The molecule has 0 aromatic carbocycles. The van der Waals surface area contributed by atoms with Crippen LogP contribution in [0.25, 0.3) is 0 Å². The zero-order chi connectivity index (χ0) is 10.6. The predicted octanol–water partition coefficient (Wildman–Crippen LogP) is 2.19. The lowest BCUT2D eigenvalue weighted by Gasteiger charge is -2.24. The summed E-state index contributed by atoms with van der Waals surface area (Å²) in [6.07, 6.45) is 7.37. The molecule has 0 bridgehead atoms. The van der Waals surface area contributed by atoms with Crippen LogP contribution < -0.4 is 10.6 Å². The van der Waals surface area contributed by atoms with Crippen molar-refractivity contribution in [3.05, 3.63) is 12.2 Å². The quantitative estimate of drug-likeness (QED) is 0.620. The molecule has 1 aliphatic carbocycles. The van der Waals surface area contributed by atoms with E-state index in [4.69, 9.17) is 0 Å². The van der Waals surface area contributed by atoms with Crippen molar-refractivity contribution in [1.29, 1.82) is 0 Å². The molecule has 80 valence electrons. The summed E-state index contributed by atoms with van der Waals surface area (Å²) in [5.41, 5.74) is -0.158. The van der Waals surface area contributed by atoms with Crippen LogP contribution in [0.2, 0.25) is 0 Å². The highest BCUT2D eigenvalue weighted by molar-refractivity contribution is 5.75. The summed E-state index contributed by atoms with van der Waals surface area (Å²) in [7, 11) is 0. The fourth-order valence-electron chi connectivity index (χ4n) is 1.49. The Bertz CT molecular complexity index is 228. The predicted molar refractivity (Wildman–Crippen MR) is 58.2 cm³/mol. The maximum atomic E-state index is 11.5. The molecule has 1 unspecified atom stereocenters. The van der Waals surface area contributed by atoms with Crippen molar-refractivity contribution in [3.63, 3.8) is 0 Å². The van der Waals surface area contributed by atoms with Crippen molar-refractivity contribution in [1.82, 2.24) is 10.6 Å². The second kappa shape index (κ2) is 4.49. The molecule has 0 heterocycles. The molecular weight excluding hydrogens is 176 g/mol. The molecule has 1 rings (SSSR count). The molecule has 0 aliphatic heterocycles. The average Bonchev–Trinajstić information content (AvgIpc) is 2.02. The van der Waals surface area contributed by atoms with Gasteiger partial charge >= 0.3 is 6.03 Å². The Morgan fingerprint density at radius 2 is 2.07 bits per heavy atom. The minimum absolute atomic E-state index is 0.0576. The highest BCUT2D eigenvalue weighted by Gasteiger charge is 2.17. The van der Waals surface area contributed by atoms with Gasteiger partial charge in [-0.15, -0.1) is 0 Å².